The maximum atomic E-state index is 6.99. The van der Waals surface area contributed by atoms with Crippen LogP contribution >= 0.6 is 0 Å². The van der Waals surface area contributed by atoms with E-state index in [4.69, 9.17) is 14.0 Å². The summed E-state index contributed by atoms with van der Waals surface area (Å²) in [6, 6.07) is 32.9. The topological polar surface area (TPSA) is 27.7 Å². The van der Waals surface area contributed by atoms with Crippen molar-refractivity contribution in [3.8, 4) is 0 Å². The Bertz CT molecular complexity index is 994. The molecule has 0 aliphatic heterocycles. The summed E-state index contributed by atoms with van der Waals surface area (Å²) in [5, 5.41) is 0. The summed E-state index contributed by atoms with van der Waals surface area (Å²) < 4.78 is 21.0. The van der Waals surface area contributed by atoms with Crippen LogP contribution < -0.4 is 0 Å². The third kappa shape index (κ3) is 6.90. The molecule has 3 aromatic carbocycles. The third-order valence-electron chi connectivity index (χ3n) is 9.65. The van der Waals surface area contributed by atoms with Crippen molar-refractivity contribution in [2.75, 3.05) is 0 Å². The first-order chi connectivity index (χ1) is 19.8. The Morgan fingerprint density at radius 3 is 0.950 bits per heavy atom. The normalized spacial score (nSPS) is 29.1. The second kappa shape index (κ2) is 14.0. The molecule has 0 aromatic heterocycles. The van der Waals surface area contributed by atoms with Crippen LogP contribution in [0.1, 0.15) is 111 Å². The van der Waals surface area contributed by atoms with Gasteiger partial charge in [-0.1, -0.05) is 130 Å². The van der Waals surface area contributed by atoms with E-state index in [-0.39, 0.29) is 18.3 Å². The predicted octanol–water partition coefficient (Wildman–Crippen LogP) is 9.20. The third-order valence-corrected chi connectivity index (χ3v) is 9.65. The molecule has 3 fully saturated rings. The van der Waals surface area contributed by atoms with E-state index in [1.54, 1.807) is 0 Å². The molecule has 0 heterocycles. The van der Waals surface area contributed by atoms with Gasteiger partial charge in [0.25, 0.3) is 0 Å². The fourth-order valence-electron chi connectivity index (χ4n) is 7.55. The fourth-order valence-corrected chi connectivity index (χ4v) is 7.55. The molecule has 210 valence electrons. The van der Waals surface area contributed by atoms with Crippen molar-refractivity contribution in [2.45, 2.75) is 113 Å². The van der Waals surface area contributed by atoms with Gasteiger partial charge in [0.05, 0.1) is 18.3 Å². The molecule has 3 nitrogen and oxygen atoms in total. The van der Waals surface area contributed by atoms with Gasteiger partial charge >= 0.3 is 7.32 Å². The maximum absolute atomic E-state index is 6.99. The summed E-state index contributed by atoms with van der Waals surface area (Å²) in [5.74, 6) is 1.16. The highest BCUT2D eigenvalue weighted by Gasteiger charge is 2.41. The maximum Gasteiger partial charge on any atom is 0.640 e. The largest absolute Gasteiger partial charge is 0.640 e. The Kier molecular flexibility index (Phi) is 9.70. The second-order valence-electron chi connectivity index (χ2n) is 12.2. The summed E-state index contributed by atoms with van der Waals surface area (Å²) >= 11 is 0. The SMILES string of the molecule is c1ccc([C@H]2CCCC[C@H]2OB(O[C@@H]2CCCC[C@@H]2c2ccccc2)O[C@@H]2CCCC[C@@H]2c2ccccc2)cc1. The number of benzene rings is 3. The fraction of sp³-hybridized carbons (Fsp3) is 0.500. The first-order valence-corrected chi connectivity index (χ1v) is 16.0. The minimum atomic E-state index is -0.641. The molecule has 6 atom stereocenters. The van der Waals surface area contributed by atoms with E-state index in [2.05, 4.69) is 91.0 Å². The number of hydrogen-bond donors (Lipinski definition) is 0. The minimum Gasteiger partial charge on any atom is -0.382 e. The second-order valence-corrected chi connectivity index (χ2v) is 12.2. The van der Waals surface area contributed by atoms with Crippen LogP contribution in [0.15, 0.2) is 91.0 Å². The zero-order valence-electron chi connectivity index (χ0n) is 23.9. The summed E-state index contributed by atoms with van der Waals surface area (Å²) in [4.78, 5) is 0. The minimum absolute atomic E-state index is 0.110. The van der Waals surface area contributed by atoms with Gasteiger partial charge in [0.15, 0.2) is 0 Å². The Morgan fingerprint density at radius 1 is 0.375 bits per heavy atom. The van der Waals surface area contributed by atoms with Crippen molar-refractivity contribution in [3.05, 3.63) is 108 Å². The quantitative estimate of drug-likeness (QED) is 0.255. The Balaban J connectivity index is 1.25. The molecule has 0 unspecified atom stereocenters. The Morgan fingerprint density at radius 2 is 0.650 bits per heavy atom. The highest BCUT2D eigenvalue weighted by molar-refractivity contribution is 6.36. The van der Waals surface area contributed by atoms with E-state index < -0.39 is 7.32 Å². The summed E-state index contributed by atoms with van der Waals surface area (Å²) in [5.41, 5.74) is 4.14. The van der Waals surface area contributed by atoms with Crippen molar-refractivity contribution in [3.63, 3.8) is 0 Å². The molecule has 0 amide bonds. The van der Waals surface area contributed by atoms with Crippen molar-refractivity contribution in [2.24, 2.45) is 0 Å². The molecule has 3 aromatic rings. The lowest BCUT2D eigenvalue weighted by Crippen LogP contribution is -2.44. The van der Waals surface area contributed by atoms with Gasteiger partial charge in [0.1, 0.15) is 0 Å². The molecule has 3 aliphatic rings. The van der Waals surface area contributed by atoms with Crippen LogP contribution in [0.2, 0.25) is 0 Å². The first-order valence-electron chi connectivity index (χ1n) is 16.0. The Labute approximate surface area is 241 Å². The summed E-state index contributed by atoms with van der Waals surface area (Å²) in [7, 11) is -0.641. The average molecular weight is 537 g/mol. The van der Waals surface area contributed by atoms with E-state index in [0.717, 1.165) is 38.5 Å². The average Bonchev–Trinajstić information content (AvgIpc) is 3.03. The molecule has 0 spiro atoms. The predicted molar refractivity (Wildman–Crippen MR) is 163 cm³/mol. The van der Waals surface area contributed by atoms with Crippen LogP contribution in [0.3, 0.4) is 0 Å². The molecule has 0 saturated heterocycles. The van der Waals surface area contributed by atoms with Crippen LogP contribution in [0.5, 0.6) is 0 Å². The lowest BCUT2D eigenvalue weighted by atomic mass is 9.79. The van der Waals surface area contributed by atoms with Crippen LogP contribution in [0, 0.1) is 0 Å². The molecule has 4 heteroatoms. The zero-order valence-corrected chi connectivity index (χ0v) is 23.9. The van der Waals surface area contributed by atoms with Crippen LogP contribution in [-0.2, 0) is 14.0 Å². The van der Waals surface area contributed by atoms with E-state index in [0.29, 0.717) is 17.8 Å². The van der Waals surface area contributed by atoms with Gasteiger partial charge in [-0.25, -0.2) is 0 Å². The van der Waals surface area contributed by atoms with E-state index >= 15 is 0 Å². The van der Waals surface area contributed by atoms with Gasteiger partial charge in [0, 0.05) is 17.8 Å². The molecule has 3 saturated carbocycles. The van der Waals surface area contributed by atoms with Gasteiger partial charge in [-0.2, -0.15) is 0 Å². The highest BCUT2D eigenvalue weighted by Crippen LogP contribution is 2.40. The monoisotopic (exact) mass is 536 g/mol. The number of rotatable bonds is 9. The molecule has 40 heavy (non-hydrogen) atoms. The van der Waals surface area contributed by atoms with Gasteiger partial charge in [-0.15, -0.1) is 0 Å². The first kappa shape index (κ1) is 27.8. The zero-order chi connectivity index (χ0) is 27.0. The molecule has 0 N–H and O–H groups in total. The highest BCUT2D eigenvalue weighted by atomic mass is 16.7. The molecule has 0 bridgehead atoms. The lowest BCUT2D eigenvalue weighted by molar-refractivity contribution is -0.0301. The van der Waals surface area contributed by atoms with Gasteiger partial charge in [-0.05, 0) is 55.2 Å². The van der Waals surface area contributed by atoms with Crippen LogP contribution in [0.25, 0.3) is 0 Å². The summed E-state index contributed by atoms with van der Waals surface area (Å²) in [6.45, 7) is 0. The van der Waals surface area contributed by atoms with Crippen molar-refractivity contribution < 1.29 is 14.0 Å². The molecule has 3 aliphatic carbocycles. The smallest absolute Gasteiger partial charge is 0.382 e. The Hall–Kier alpha value is -2.40. The molecular weight excluding hydrogens is 491 g/mol. The van der Waals surface area contributed by atoms with Gasteiger partial charge < -0.3 is 14.0 Å². The van der Waals surface area contributed by atoms with Crippen molar-refractivity contribution >= 4 is 7.32 Å². The summed E-state index contributed by atoms with van der Waals surface area (Å²) in [6.07, 6.45) is 14.3. The van der Waals surface area contributed by atoms with Gasteiger partial charge in [0.2, 0.25) is 0 Å². The van der Waals surface area contributed by atoms with E-state index in [1.165, 1.54) is 55.2 Å². The lowest BCUT2D eigenvalue weighted by Gasteiger charge is -2.39. The number of hydrogen-bond acceptors (Lipinski definition) is 3. The van der Waals surface area contributed by atoms with Crippen molar-refractivity contribution in [1.82, 2.24) is 0 Å². The van der Waals surface area contributed by atoms with Crippen molar-refractivity contribution in [1.29, 1.82) is 0 Å². The van der Waals surface area contributed by atoms with E-state index in [1.807, 2.05) is 0 Å². The molecule has 0 radical (unpaired) electrons. The van der Waals surface area contributed by atoms with Gasteiger partial charge in [-0.3, -0.25) is 0 Å². The standard InChI is InChI=1S/C36H45BO3/c1-4-16-28(17-5-1)31-22-10-13-25-34(31)38-37(39-35-26-14-11-23-32(35)29-18-6-2-7-19-29)40-36-27-15-12-24-33(36)30-20-8-3-9-21-30/h1-9,16-21,31-36H,10-15,22-27H2/t31-,32-,33-,34-,35-,36-/m1/s1. The van der Waals surface area contributed by atoms with Crippen LogP contribution in [0.4, 0.5) is 0 Å². The molecular formula is C36H45BO3. The van der Waals surface area contributed by atoms with E-state index in [9.17, 15) is 0 Å². The van der Waals surface area contributed by atoms with Crippen LogP contribution in [-0.4, -0.2) is 25.6 Å². The molecule has 6 rings (SSSR count).